The molecule has 4 heteroatoms. The molecule has 2 rings (SSSR count). The third-order valence-electron chi connectivity index (χ3n) is 4.64. The van der Waals surface area contributed by atoms with Gasteiger partial charge in [-0.15, -0.1) is 0 Å². The molecule has 1 unspecified atom stereocenters. The van der Waals surface area contributed by atoms with Crippen LogP contribution in [-0.2, 0) is 6.61 Å². The predicted octanol–water partition coefficient (Wildman–Crippen LogP) is 4.45. The van der Waals surface area contributed by atoms with Gasteiger partial charge in [0.1, 0.15) is 12.4 Å². The minimum absolute atomic E-state index is 0.243. The van der Waals surface area contributed by atoms with Crippen LogP contribution in [0.4, 0.5) is 0 Å². The highest BCUT2D eigenvalue weighted by Crippen LogP contribution is 2.25. The second kappa shape index (κ2) is 10.3. The van der Waals surface area contributed by atoms with Crippen molar-refractivity contribution in [2.75, 3.05) is 0 Å². The van der Waals surface area contributed by atoms with Crippen molar-refractivity contribution >= 4 is 5.57 Å². The summed E-state index contributed by atoms with van der Waals surface area (Å²) >= 11 is 0. The van der Waals surface area contributed by atoms with Crippen LogP contribution in [0.3, 0.4) is 0 Å². The molecule has 3 N–H and O–H groups in total. The second-order valence-corrected chi connectivity index (χ2v) is 7.06. The fraction of sp³-hybridized carbons (Fsp3) is 0.391. The predicted molar refractivity (Wildman–Crippen MR) is 108 cm³/mol. The van der Waals surface area contributed by atoms with Crippen molar-refractivity contribution in [1.82, 2.24) is 0 Å². The van der Waals surface area contributed by atoms with E-state index in [1.54, 1.807) is 12.1 Å². The first-order chi connectivity index (χ1) is 12.9. The summed E-state index contributed by atoms with van der Waals surface area (Å²) in [5, 5.41) is 28.3. The Balaban J connectivity index is 2.04. The Morgan fingerprint density at radius 1 is 1.04 bits per heavy atom. The first kappa shape index (κ1) is 21.2. The van der Waals surface area contributed by atoms with E-state index in [0.717, 1.165) is 23.3 Å². The zero-order chi connectivity index (χ0) is 19.8. The highest BCUT2D eigenvalue weighted by Gasteiger charge is 2.09. The molecule has 146 valence electrons. The third-order valence-corrected chi connectivity index (χ3v) is 4.64. The number of allylic oxidation sites excluding steroid dienone is 1. The standard InChI is InChI=1S/C23H30O4/c1-4-18(12-13-22(24)16(2)3)20-6-5-7-21(14-20)27-15-17-8-10-19(11-9-17)23(25)26/h5-12,14,16,22-26H,4,13,15H2,1-3H3. The van der Waals surface area contributed by atoms with E-state index < -0.39 is 6.29 Å². The Labute approximate surface area is 161 Å². The number of aliphatic hydroxyl groups excluding tert-OH is 2. The lowest BCUT2D eigenvalue weighted by molar-refractivity contribution is -0.0425. The van der Waals surface area contributed by atoms with Gasteiger partial charge >= 0.3 is 0 Å². The van der Waals surface area contributed by atoms with Crippen LogP contribution in [0.25, 0.3) is 5.57 Å². The zero-order valence-electron chi connectivity index (χ0n) is 16.3. The van der Waals surface area contributed by atoms with Crippen LogP contribution in [0.1, 0.15) is 56.6 Å². The molecule has 0 amide bonds. The van der Waals surface area contributed by atoms with Crippen molar-refractivity contribution in [2.45, 2.75) is 52.6 Å². The maximum atomic E-state index is 10.0. The molecule has 2 aromatic rings. The van der Waals surface area contributed by atoms with Crippen LogP contribution >= 0.6 is 0 Å². The monoisotopic (exact) mass is 370 g/mol. The van der Waals surface area contributed by atoms with Gasteiger partial charge in [-0.05, 0) is 47.6 Å². The van der Waals surface area contributed by atoms with E-state index in [1.807, 2.05) is 44.2 Å². The molecule has 0 fully saturated rings. The molecular formula is C23H30O4. The molecule has 27 heavy (non-hydrogen) atoms. The van der Waals surface area contributed by atoms with Gasteiger partial charge in [0.05, 0.1) is 6.10 Å². The van der Waals surface area contributed by atoms with Gasteiger partial charge in [0.15, 0.2) is 6.29 Å². The fourth-order valence-electron chi connectivity index (χ4n) is 2.74. The smallest absolute Gasteiger partial charge is 0.178 e. The summed E-state index contributed by atoms with van der Waals surface area (Å²) in [6.07, 6.45) is 1.87. The zero-order valence-corrected chi connectivity index (χ0v) is 16.3. The quantitative estimate of drug-likeness (QED) is 0.571. The number of hydrogen-bond donors (Lipinski definition) is 3. The SMILES string of the molecule is CCC(=CCC(O)C(C)C)c1cccc(OCc2ccc(C(O)O)cc2)c1. The first-order valence-electron chi connectivity index (χ1n) is 9.46. The van der Waals surface area contributed by atoms with Gasteiger partial charge < -0.3 is 20.1 Å². The third kappa shape index (κ3) is 6.51. The fourth-order valence-corrected chi connectivity index (χ4v) is 2.74. The van der Waals surface area contributed by atoms with Gasteiger partial charge in [0.2, 0.25) is 0 Å². The van der Waals surface area contributed by atoms with Crippen molar-refractivity contribution in [3.63, 3.8) is 0 Å². The normalized spacial score (nSPS) is 13.3. The molecule has 0 aliphatic rings. The summed E-state index contributed by atoms with van der Waals surface area (Å²) in [6, 6.07) is 15.0. The van der Waals surface area contributed by atoms with Crippen LogP contribution in [0.2, 0.25) is 0 Å². The average Bonchev–Trinajstić information content (AvgIpc) is 2.67. The van der Waals surface area contributed by atoms with E-state index in [9.17, 15) is 5.11 Å². The van der Waals surface area contributed by atoms with Crippen LogP contribution in [0.15, 0.2) is 54.6 Å². The van der Waals surface area contributed by atoms with Crippen LogP contribution in [-0.4, -0.2) is 21.4 Å². The van der Waals surface area contributed by atoms with Crippen molar-refractivity contribution in [3.8, 4) is 5.75 Å². The molecule has 0 saturated carbocycles. The van der Waals surface area contributed by atoms with E-state index in [0.29, 0.717) is 18.6 Å². The van der Waals surface area contributed by atoms with E-state index in [4.69, 9.17) is 14.9 Å². The largest absolute Gasteiger partial charge is 0.489 e. The van der Waals surface area contributed by atoms with E-state index in [-0.39, 0.29) is 12.0 Å². The lowest BCUT2D eigenvalue weighted by Gasteiger charge is -2.14. The molecular weight excluding hydrogens is 340 g/mol. The highest BCUT2D eigenvalue weighted by atomic mass is 16.5. The Hall–Kier alpha value is -2.14. The average molecular weight is 370 g/mol. The molecule has 2 aromatic carbocycles. The van der Waals surface area contributed by atoms with Crippen molar-refractivity contribution < 1.29 is 20.1 Å². The molecule has 1 atom stereocenters. The minimum Gasteiger partial charge on any atom is -0.489 e. The summed E-state index contributed by atoms with van der Waals surface area (Å²) in [7, 11) is 0. The van der Waals surface area contributed by atoms with Crippen molar-refractivity contribution in [2.24, 2.45) is 5.92 Å². The van der Waals surface area contributed by atoms with Gasteiger partial charge in [-0.25, -0.2) is 0 Å². The Kier molecular flexibility index (Phi) is 8.04. The molecule has 0 heterocycles. The van der Waals surface area contributed by atoms with Gasteiger partial charge in [-0.2, -0.15) is 0 Å². The van der Waals surface area contributed by atoms with Gasteiger partial charge in [0, 0.05) is 5.56 Å². The topological polar surface area (TPSA) is 69.9 Å². The van der Waals surface area contributed by atoms with Gasteiger partial charge in [-0.1, -0.05) is 63.2 Å². The van der Waals surface area contributed by atoms with E-state index in [1.165, 1.54) is 5.57 Å². The number of hydrogen-bond acceptors (Lipinski definition) is 4. The molecule has 0 bridgehead atoms. The Bertz CT molecular complexity index is 732. The Morgan fingerprint density at radius 3 is 2.33 bits per heavy atom. The Morgan fingerprint density at radius 2 is 1.74 bits per heavy atom. The lowest BCUT2D eigenvalue weighted by Crippen LogP contribution is -2.13. The maximum Gasteiger partial charge on any atom is 0.178 e. The van der Waals surface area contributed by atoms with Gasteiger partial charge in [0.25, 0.3) is 0 Å². The number of ether oxygens (including phenoxy) is 1. The molecule has 0 aliphatic heterocycles. The lowest BCUT2D eigenvalue weighted by atomic mass is 9.98. The summed E-state index contributed by atoms with van der Waals surface area (Å²) < 4.78 is 5.89. The molecule has 4 nitrogen and oxygen atoms in total. The van der Waals surface area contributed by atoms with Crippen molar-refractivity contribution in [3.05, 3.63) is 71.3 Å². The molecule has 0 aromatic heterocycles. The maximum absolute atomic E-state index is 10.0. The van der Waals surface area contributed by atoms with Crippen molar-refractivity contribution in [1.29, 1.82) is 0 Å². The van der Waals surface area contributed by atoms with Gasteiger partial charge in [-0.3, -0.25) is 0 Å². The molecule has 0 saturated heterocycles. The molecule has 0 aliphatic carbocycles. The summed E-state index contributed by atoms with van der Waals surface area (Å²) in [5.74, 6) is 1.02. The summed E-state index contributed by atoms with van der Waals surface area (Å²) in [4.78, 5) is 0. The molecule has 0 spiro atoms. The summed E-state index contributed by atoms with van der Waals surface area (Å²) in [6.45, 7) is 6.56. The van der Waals surface area contributed by atoms with E-state index in [2.05, 4.69) is 19.1 Å². The second-order valence-electron chi connectivity index (χ2n) is 7.06. The van der Waals surface area contributed by atoms with Crippen LogP contribution < -0.4 is 4.74 Å². The minimum atomic E-state index is -1.45. The van der Waals surface area contributed by atoms with Crippen LogP contribution in [0.5, 0.6) is 5.75 Å². The number of rotatable bonds is 9. The molecule has 0 radical (unpaired) electrons. The number of benzene rings is 2. The highest BCUT2D eigenvalue weighted by molar-refractivity contribution is 5.66. The van der Waals surface area contributed by atoms with Crippen LogP contribution in [0, 0.1) is 5.92 Å². The number of aliphatic hydroxyl groups is 3. The first-order valence-corrected chi connectivity index (χ1v) is 9.46. The summed E-state index contributed by atoms with van der Waals surface area (Å²) in [5.41, 5.74) is 3.71. The van der Waals surface area contributed by atoms with E-state index >= 15 is 0 Å².